The van der Waals surface area contributed by atoms with E-state index in [2.05, 4.69) is 10.3 Å². The predicted octanol–water partition coefficient (Wildman–Crippen LogP) is 2.96. The fraction of sp³-hybridized carbons (Fsp3) is 0.222. The molecule has 0 saturated carbocycles. The number of β-amino-alcohol motifs (C(OH)–C–C–N with tert-alkyl or cyclic N) is 2. The second kappa shape index (κ2) is 7.30. The highest BCUT2D eigenvalue weighted by atomic mass is 127. The van der Waals surface area contributed by atoms with Gasteiger partial charge in [0.25, 0.3) is 5.91 Å². The predicted molar refractivity (Wildman–Crippen MR) is 110 cm³/mol. The van der Waals surface area contributed by atoms with Gasteiger partial charge in [-0.2, -0.15) is 0 Å². The van der Waals surface area contributed by atoms with E-state index in [0.717, 1.165) is 3.57 Å². The smallest absolute Gasteiger partial charge is 0.257 e. The van der Waals surface area contributed by atoms with Gasteiger partial charge < -0.3 is 20.4 Å². The van der Waals surface area contributed by atoms with Gasteiger partial charge in [0.05, 0.1) is 23.5 Å². The molecule has 1 aliphatic heterocycles. The second-order valence-electron chi connectivity index (χ2n) is 6.26. The minimum atomic E-state index is -0.970. The van der Waals surface area contributed by atoms with Gasteiger partial charge in [-0.05, 0) is 52.9 Å². The van der Waals surface area contributed by atoms with Crippen LogP contribution < -0.4 is 5.32 Å². The number of rotatable bonds is 3. The third-order valence-corrected chi connectivity index (χ3v) is 6.11. The first-order chi connectivity index (χ1) is 12.9. The number of nitrogens with one attached hydrogen (secondary N) is 1. The van der Waals surface area contributed by atoms with Crippen molar-refractivity contribution in [2.75, 3.05) is 18.4 Å². The van der Waals surface area contributed by atoms with E-state index in [0.29, 0.717) is 20.8 Å². The molecule has 27 heavy (non-hydrogen) atoms. The Balaban J connectivity index is 1.76. The molecule has 2 atom stereocenters. The molecule has 3 aromatic rings. The summed E-state index contributed by atoms with van der Waals surface area (Å²) in [5.74, 6) is -0.754. The van der Waals surface area contributed by atoms with Crippen LogP contribution in [0.25, 0.3) is 10.2 Å². The van der Waals surface area contributed by atoms with Gasteiger partial charge in [-0.25, -0.2) is 9.37 Å². The number of halogens is 2. The van der Waals surface area contributed by atoms with Crippen molar-refractivity contribution in [1.29, 1.82) is 0 Å². The van der Waals surface area contributed by atoms with Crippen LogP contribution in [0.15, 0.2) is 36.5 Å². The van der Waals surface area contributed by atoms with E-state index >= 15 is 0 Å². The first-order valence-corrected chi connectivity index (χ1v) is 10.1. The average Bonchev–Trinajstić information content (AvgIpc) is 3.17. The van der Waals surface area contributed by atoms with Crippen LogP contribution in [-0.2, 0) is 0 Å². The van der Waals surface area contributed by atoms with Gasteiger partial charge in [0.15, 0.2) is 0 Å². The Labute approximate surface area is 171 Å². The minimum absolute atomic E-state index is 0.0505. The third-order valence-electron chi connectivity index (χ3n) is 4.41. The van der Waals surface area contributed by atoms with Crippen molar-refractivity contribution in [2.24, 2.45) is 0 Å². The molecule has 140 valence electrons. The SMILES string of the molecule is O=C(c1c(Nc2ccc(I)cc2F)sc2ncccc12)N1CC(O)C(O)C1. The summed E-state index contributed by atoms with van der Waals surface area (Å²) in [4.78, 5) is 19.5. The minimum Gasteiger partial charge on any atom is -0.388 e. The molecule has 1 aliphatic rings. The number of nitrogens with zero attached hydrogens (tertiary/aromatic N) is 2. The topological polar surface area (TPSA) is 85.7 Å². The van der Waals surface area contributed by atoms with Crippen LogP contribution in [0.1, 0.15) is 10.4 Å². The number of amides is 1. The van der Waals surface area contributed by atoms with E-state index < -0.39 is 18.0 Å². The van der Waals surface area contributed by atoms with Crippen LogP contribution in [-0.4, -0.2) is 51.3 Å². The maximum atomic E-state index is 14.3. The Morgan fingerprint density at radius 2 is 2.04 bits per heavy atom. The zero-order chi connectivity index (χ0) is 19.1. The maximum Gasteiger partial charge on any atom is 0.257 e. The lowest BCUT2D eigenvalue weighted by Crippen LogP contribution is -2.30. The number of hydrogen-bond donors (Lipinski definition) is 3. The number of pyridine rings is 1. The Hall–Kier alpha value is -1.82. The summed E-state index contributed by atoms with van der Waals surface area (Å²) < 4.78 is 15.1. The summed E-state index contributed by atoms with van der Waals surface area (Å²) in [6, 6.07) is 8.31. The number of thiophene rings is 1. The molecule has 3 N–H and O–H groups in total. The molecule has 3 heterocycles. The molecule has 1 aromatic carbocycles. The maximum absolute atomic E-state index is 14.3. The van der Waals surface area contributed by atoms with Crippen molar-refractivity contribution in [3.8, 4) is 0 Å². The lowest BCUT2D eigenvalue weighted by molar-refractivity contribution is 0.0572. The summed E-state index contributed by atoms with van der Waals surface area (Å²) in [6.45, 7) is 0.101. The number of aromatic nitrogens is 1. The molecule has 0 aliphatic carbocycles. The fourth-order valence-corrected chi connectivity index (χ4v) is 4.54. The number of aliphatic hydroxyl groups is 2. The zero-order valence-electron chi connectivity index (χ0n) is 13.9. The molecular weight excluding hydrogens is 484 g/mol. The lowest BCUT2D eigenvalue weighted by Gasteiger charge is -2.16. The van der Waals surface area contributed by atoms with Crippen LogP contribution in [0, 0.1) is 9.39 Å². The van der Waals surface area contributed by atoms with Gasteiger partial charge in [0, 0.05) is 28.2 Å². The number of fused-ring (bicyclic) bond motifs is 1. The molecule has 1 saturated heterocycles. The summed E-state index contributed by atoms with van der Waals surface area (Å²) in [5.41, 5.74) is 0.625. The van der Waals surface area contributed by atoms with E-state index in [4.69, 9.17) is 0 Å². The van der Waals surface area contributed by atoms with Gasteiger partial charge in [0.1, 0.15) is 15.6 Å². The lowest BCUT2D eigenvalue weighted by atomic mass is 10.1. The molecule has 4 rings (SSSR count). The van der Waals surface area contributed by atoms with Crippen molar-refractivity contribution in [3.63, 3.8) is 0 Å². The summed E-state index contributed by atoms with van der Waals surface area (Å²) in [7, 11) is 0. The molecule has 0 radical (unpaired) electrons. The van der Waals surface area contributed by atoms with Crippen LogP contribution in [0.4, 0.5) is 15.1 Å². The Kier molecular flexibility index (Phi) is 5.01. The Bertz CT molecular complexity index is 1020. The number of carbonyl (C=O) groups excluding carboxylic acids is 1. The zero-order valence-corrected chi connectivity index (χ0v) is 16.9. The Morgan fingerprint density at radius 1 is 1.30 bits per heavy atom. The highest BCUT2D eigenvalue weighted by Crippen LogP contribution is 2.38. The molecule has 2 aromatic heterocycles. The number of benzene rings is 1. The van der Waals surface area contributed by atoms with Crippen LogP contribution in [0.3, 0.4) is 0 Å². The van der Waals surface area contributed by atoms with Crippen LogP contribution in [0.5, 0.6) is 0 Å². The molecule has 6 nitrogen and oxygen atoms in total. The molecule has 0 spiro atoms. The van der Waals surface area contributed by atoms with Crippen molar-refractivity contribution in [1.82, 2.24) is 9.88 Å². The largest absolute Gasteiger partial charge is 0.388 e. The van der Waals surface area contributed by atoms with E-state index in [-0.39, 0.29) is 24.7 Å². The number of aliphatic hydroxyl groups excluding tert-OH is 2. The standard InChI is InChI=1S/C18H15FIN3O3S/c19-11-6-9(20)3-4-12(11)22-17-15(10-2-1-5-21-16(10)27-17)18(26)23-7-13(24)14(25)8-23/h1-6,13-14,22,24-25H,7-8H2. The van der Waals surface area contributed by atoms with Crippen molar-refractivity contribution in [2.45, 2.75) is 12.2 Å². The normalized spacial score (nSPS) is 19.6. The first kappa shape index (κ1) is 18.5. The van der Waals surface area contributed by atoms with E-state index in [1.54, 1.807) is 30.5 Å². The van der Waals surface area contributed by atoms with Crippen molar-refractivity contribution in [3.05, 3.63) is 51.5 Å². The summed E-state index contributed by atoms with van der Waals surface area (Å²) in [6.07, 6.45) is -0.310. The summed E-state index contributed by atoms with van der Waals surface area (Å²) >= 11 is 3.28. The van der Waals surface area contributed by atoms with Gasteiger partial charge in [-0.15, -0.1) is 0 Å². The highest BCUT2D eigenvalue weighted by Gasteiger charge is 2.35. The fourth-order valence-electron chi connectivity index (χ4n) is 3.04. The number of likely N-dealkylation sites (tertiary alicyclic amines) is 1. The van der Waals surface area contributed by atoms with Gasteiger partial charge in [-0.1, -0.05) is 11.3 Å². The first-order valence-electron chi connectivity index (χ1n) is 8.19. The van der Waals surface area contributed by atoms with Crippen molar-refractivity contribution >= 4 is 60.7 Å². The molecule has 0 bridgehead atoms. The van der Waals surface area contributed by atoms with Gasteiger partial charge in [-0.3, -0.25) is 4.79 Å². The second-order valence-corrected chi connectivity index (χ2v) is 8.50. The molecule has 9 heteroatoms. The Morgan fingerprint density at radius 3 is 2.74 bits per heavy atom. The number of hydrogen-bond acceptors (Lipinski definition) is 6. The molecule has 1 amide bonds. The average molecular weight is 499 g/mol. The van der Waals surface area contributed by atoms with Crippen molar-refractivity contribution < 1.29 is 19.4 Å². The number of anilines is 2. The highest BCUT2D eigenvalue weighted by molar-refractivity contribution is 14.1. The van der Waals surface area contributed by atoms with E-state index in [1.807, 2.05) is 22.6 Å². The van der Waals surface area contributed by atoms with Gasteiger partial charge >= 0.3 is 0 Å². The molecule has 1 fully saturated rings. The van der Waals surface area contributed by atoms with Gasteiger partial charge in [0.2, 0.25) is 0 Å². The quantitative estimate of drug-likeness (QED) is 0.483. The summed E-state index contributed by atoms with van der Waals surface area (Å²) in [5, 5.41) is 23.7. The molecular formula is C18H15FIN3O3S. The molecule has 2 unspecified atom stereocenters. The number of carbonyl (C=O) groups is 1. The van der Waals surface area contributed by atoms with Crippen LogP contribution >= 0.6 is 33.9 Å². The van der Waals surface area contributed by atoms with E-state index in [9.17, 15) is 19.4 Å². The monoisotopic (exact) mass is 499 g/mol. The third kappa shape index (κ3) is 3.51. The van der Waals surface area contributed by atoms with E-state index in [1.165, 1.54) is 22.3 Å². The van der Waals surface area contributed by atoms with Crippen LogP contribution in [0.2, 0.25) is 0 Å².